The van der Waals surface area contributed by atoms with Gasteiger partial charge in [-0.05, 0) is 20.0 Å². The Balaban J connectivity index is 2.21. The highest BCUT2D eigenvalue weighted by molar-refractivity contribution is 4.84. The lowest BCUT2D eigenvalue weighted by atomic mass is 10.0. The molecule has 1 heterocycles. The van der Waals surface area contributed by atoms with Crippen LogP contribution in [-0.2, 0) is 0 Å². The van der Waals surface area contributed by atoms with Gasteiger partial charge in [-0.25, -0.2) is 0 Å². The predicted molar refractivity (Wildman–Crippen MR) is 57.0 cm³/mol. The predicted octanol–water partition coefficient (Wildman–Crippen LogP) is 0.134. The van der Waals surface area contributed by atoms with Crippen LogP contribution in [0.25, 0.3) is 0 Å². The molecule has 0 aromatic carbocycles. The van der Waals surface area contributed by atoms with Gasteiger partial charge in [-0.2, -0.15) is 0 Å². The van der Waals surface area contributed by atoms with E-state index in [0.29, 0.717) is 12.1 Å². The highest BCUT2D eigenvalue weighted by atomic mass is 15.2. The molecule has 3 heteroatoms. The number of rotatable bonds is 5. The fourth-order valence-corrected chi connectivity index (χ4v) is 1.73. The van der Waals surface area contributed by atoms with E-state index in [1.165, 1.54) is 0 Å². The van der Waals surface area contributed by atoms with Gasteiger partial charge in [0, 0.05) is 31.7 Å². The molecule has 1 saturated heterocycles. The Bertz CT molecular complexity index is 133. The average Bonchev–Trinajstić information content (AvgIpc) is 1.92. The fraction of sp³-hybridized carbons (Fsp3) is 1.00. The molecule has 1 fully saturated rings. The molecule has 13 heavy (non-hydrogen) atoms. The Labute approximate surface area is 81.9 Å². The zero-order valence-electron chi connectivity index (χ0n) is 9.30. The normalized spacial score (nSPS) is 20.8. The van der Waals surface area contributed by atoms with E-state index in [4.69, 9.17) is 0 Å². The summed E-state index contributed by atoms with van der Waals surface area (Å²) in [6.45, 7) is 7.95. The van der Waals surface area contributed by atoms with Crippen molar-refractivity contribution in [1.29, 1.82) is 0 Å². The number of nitrogens with one attached hydrogen (secondary N) is 2. The van der Waals surface area contributed by atoms with Crippen molar-refractivity contribution in [2.24, 2.45) is 5.92 Å². The van der Waals surface area contributed by atoms with Gasteiger partial charge in [0.25, 0.3) is 0 Å². The van der Waals surface area contributed by atoms with Crippen molar-refractivity contribution in [3.05, 3.63) is 0 Å². The van der Waals surface area contributed by atoms with E-state index >= 15 is 0 Å². The Morgan fingerprint density at radius 1 is 1.38 bits per heavy atom. The maximum absolute atomic E-state index is 3.58. The van der Waals surface area contributed by atoms with Crippen molar-refractivity contribution in [3.63, 3.8) is 0 Å². The summed E-state index contributed by atoms with van der Waals surface area (Å²) in [6, 6.07) is 1.36. The Kier molecular flexibility index (Phi) is 4.16. The maximum Gasteiger partial charge on any atom is 0.0318 e. The quantitative estimate of drug-likeness (QED) is 0.638. The first-order valence-corrected chi connectivity index (χ1v) is 5.21. The molecule has 0 bridgehead atoms. The summed E-state index contributed by atoms with van der Waals surface area (Å²) in [6.07, 6.45) is 0. The van der Waals surface area contributed by atoms with Crippen LogP contribution in [0, 0.1) is 5.92 Å². The van der Waals surface area contributed by atoms with Crippen LogP contribution >= 0.6 is 0 Å². The summed E-state index contributed by atoms with van der Waals surface area (Å²) in [7, 11) is 4.32. The Morgan fingerprint density at radius 3 is 2.31 bits per heavy atom. The maximum atomic E-state index is 3.58. The first kappa shape index (κ1) is 11.0. The van der Waals surface area contributed by atoms with Crippen LogP contribution in [-0.4, -0.2) is 50.7 Å². The standard InChI is InChI=1S/C10H23N3/c1-8(2)10(13(3)4)7-12-9-5-11-6-9/h8-12H,5-7H2,1-4H3. The third-order valence-electron chi connectivity index (χ3n) is 2.83. The van der Waals surface area contributed by atoms with Gasteiger partial charge in [0.15, 0.2) is 0 Å². The lowest BCUT2D eigenvalue weighted by Crippen LogP contribution is -2.58. The Hall–Kier alpha value is -0.120. The van der Waals surface area contributed by atoms with E-state index in [1.54, 1.807) is 0 Å². The lowest BCUT2D eigenvalue weighted by Gasteiger charge is -2.33. The molecular weight excluding hydrogens is 162 g/mol. The topological polar surface area (TPSA) is 27.3 Å². The zero-order valence-corrected chi connectivity index (χ0v) is 9.30. The molecule has 0 amide bonds. The minimum atomic E-state index is 0.653. The van der Waals surface area contributed by atoms with Crippen LogP contribution < -0.4 is 10.6 Å². The van der Waals surface area contributed by atoms with Crippen LogP contribution in [0.5, 0.6) is 0 Å². The van der Waals surface area contributed by atoms with E-state index in [0.717, 1.165) is 25.6 Å². The molecule has 0 aromatic heterocycles. The molecule has 0 saturated carbocycles. The lowest BCUT2D eigenvalue weighted by molar-refractivity contribution is 0.210. The summed E-state index contributed by atoms with van der Waals surface area (Å²) >= 11 is 0. The van der Waals surface area contributed by atoms with E-state index in [1.807, 2.05) is 0 Å². The molecule has 78 valence electrons. The molecule has 0 radical (unpaired) electrons. The SMILES string of the molecule is CC(C)C(CNC1CNC1)N(C)C. The molecule has 0 aliphatic carbocycles. The van der Waals surface area contributed by atoms with E-state index in [2.05, 4.69) is 43.5 Å². The largest absolute Gasteiger partial charge is 0.314 e. The van der Waals surface area contributed by atoms with Gasteiger partial charge in [-0.15, -0.1) is 0 Å². The minimum Gasteiger partial charge on any atom is -0.314 e. The van der Waals surface area contributed by atoms with Crippen molar-refractivity contribution in [2.75, 3.05) is 33.7 Å². The number of likely N-dealkylation sites (N-methyl/N-ethyl adjacent to an activating group) is 1. The molecular formula is C10H23N3. The molecule has 1 unspecified atom stereocenters. The third kappa shape index (κ3) is 3.25. The number of hydrogen-bond acceptors (Lipinski definition) is 3. The van der Waals surface area contributed by atoms with Gasteiger partial charge in [0.2, 0.25) is 0 Å². The second kappa shape index (κ2) is 4.94. The smallest absolute Gasteiger partial charge is 0.0318 e. The van der Waals surface area contributed by atoms with E-state index in [9.17, 15) is 0 Å². The van der Waals surface area contributed by atoms with Crippen molar-refractivity contribution in [3.8, 4) is 0 Å². The van der Waals surface area contributed by atoms with Gasteiger partial charge in [-0.1, -0.05) is 13.8 Å². The minimum absolute atomic E-state index is 0.653. The van der Waals surface area contributed by atoms with Gasteiger partial charge < -0.3 is 15.5 Å². The summed E-state index contributed by atoms with van der Waals surface area (Å²) in [5, 5.41) is 6.84. The molecule has 0 spiro atoms. The van der Waals surface area contributed by atoms with Gasteiger partial charge in [0.1, 0.15) is 0 Å². The average molecular weight is 185 g/mol. The van der Waals surface area contributed by atoms with Crippen LogP contribution in [0.3, 0.4) is 0 Å². The van der Waals surface area contributed by atoms with E-state index in [-0.39, 0.29) is 0 Å². The van der Waals surface area contributed by atoms with Gasteiger partial charge in [0.05, 0.1) is 0 Å². The van der Waals surface area contributed by atoms with Crippen LogP contribution in [0.15, 0.2) is 0 Å². The third-order valence-corrected chi connectivity index (χ3v) is 2.83. The van der Waals surface area contributed by atoms with Crippen molar-refractivity contribution in [2.45, 2.75) is 25.9 Å². The highest BCUT2D eigenvalue weighted by Crippen LogP contribution is 2.06. The van der Waals surface area contributed by atoms with Crippen LogP contribution in [0.1, 0.15) is 13.8 Å². The number of nitrogens with zero attached hydrogens (tertiary/aromatic N) is 1. The van der Waals surface area contributed by atoms with Crippen LogP contribution in [0.2, 0.25) is 0 Å². The monoisotopic (exact) mass is 185 g/mol. The highest BCUT2D eigenvalue weighted by Gasteiger charge is 2.20. The zero-order chi connectivity index (χ0) is 9.84. The molecule has 2 N–H and O–H groups in total. The van der Waals surface area contributed by atoms with Crippen molar-refractivity contribution >= 4 is 0 Å². The fourth-order valence-electron chi connectivity index (χ4n) is 1.73. The summed E-state index contributed by atoms with van der Waals surface area (Å²) in [5.74, 6) is 0.718. The molecule has 0 aromatic rings. The Morgan fingerprint density at radius 2 is 2.00 bits per heavy atom. The summed E-state index contributed by atoms with van der Waals surface area (Å²) in [5.41, 5.74) is 0. The molecule has 1 rings (SSSR count). The van der Waals surface area contributed by atoms with Crippen molar-refractivity contribution < 1.29 is 0 Å². The summed E-state index contributed by atoms with van der Waals surface area (Å²) in [4.78, 5) is 2.31. The molecule has 1 aliphatic rings. The second-order valence-electron chi connectivity index (χ2n) is 4.54. The van der Waals surface area contributed by atoms with Gasteiger partial charge in [-0.3, -0.25) is 0 Å². The van der Waals surface area contributed by atoms with Crippen molar-refractivity contribution in [1.82, 2.24) is 15.5 Å². The van der Waals surface area contributed by atoms with E-state index < -0.39 is 0 Å². The first-order chi connectivity index (χ1) is 6.11. The number of hydrogen-bond donors (Lipinski definition) is 2. The second-order valence-corrected chi connectivity index (χ2v) is 4.54. The van der Waals surface area contributed by atoms with Crippen LogP contribution in [0.4, 0.5) is 0 Å². The van der Waals surface area contributed by atoms with Gasteiger partial charge >= 0.3 is 0 Å². The molecule has 1 atom stereocenters. The summed E-state index contributed by atoms with van der Waals surface area (Å²) < 4.78 is 0. The molecule has 1 aliphatic heterocycles. The first-order valence-electron chi connectivity index (χ1n) is 5.21. The molecule has 3 nitrogen and oxygen atoms in total.